The van der Waals surface area contributed by atoms with E-state index in [2.05, 4.69) is 18.8 Å². The average molecular weight is 533 g/mol. The van der Waals surface area contributed by atoms with Crippen molar-refractivity contribution in [1.29, 1.82) is 0 Å². The lowest BCUT2D eigenvalue weighted by Crippen LogP contribution is -2.23. The Bertz CT molecular complexity index is 1350. The van der Waals surface area contributed by atoms with Gasteiger partial charge in [0.05, 0.1) is 18.0 Å². The minimum absolute atomic E-state index is 0.331. The molecule has 1 atom stereocenters. The van der Waals surface area contributed by atoms with Gasteiger partial charge in [-0.2, -0.15) is 0 Å². The van der Waals surface area contributed by atoms with Gasteiger partial charge in [-0.3, -0.25) is 4.57 Å². The second-order valence-corrected chi connectivity index (χ2v) is 10.6. The van der Waals surface area contributed by atoms with Crippen LogP contribution in [-0.4, -0.2) is 14.7 Å². The monoisotopic (exact) mass is 532 g/mol. The molecule has 0 aliphatic carbocycles. The van der Waals surface area contributed by atoms with Crippen LogP contribution < -0.4 is 0 Å². The molecule has 0 fully saturated rings. The summed E-state index contributed by atoms with van der Waals surface area (Å²) in [5.74, 6) is -0.241. The van der Waals surface area contributed by atoms with E-state index in [1.54, 1.807) is 31.3 Å². The molecular weight excluding hydrogens is 509 g/mol. The second-order valence-electron chi connectivity index (χ2n) is 8.80. The van der Waals surface area contributed by atoms with Crippen LogP contribution >= 0.6 is 35.0 Å². The van der Waals surface area contributed by atoms with Crippen molar-refractivity contribution < 1.29 is 13.9 Å². The maximum Gasteiger partial charge on any atom is 0.173 e. The smallest absolute Gasteiger partial charge is 0.173 e. The van der Waals surface area contributed by atoms with Gasteiger partial charge in [0.15, 0.2) is 5.16 Å². The molecule has 1 aromatic heterocycles. The fraction of sp³-hybridized carbons (Fsp3) is 0.222. The topological polar surface area (TPSA) is 38.1 Å². The van der Waals surface area contributed by atoms with Crippen molar-refractivity contribution in [1.82, 2.24) is 9.55 Å². The molecule has 182 valence electrons. The summed E-state index contributed by atoms with van der Waals surface area (Å²) < 4.78 is 29.2. The van der Waals surface area contributed by atoms with Gasteiger partial charge in [-0.15, -0.1) is 0 Å². The van der Waals surface area contributed by atoms with Crippen LogP contribution in [0.3, 0.4) is 0 Å². The summed E-state index contributed by atoms with van der Waals surface area (Å²) in [4.78, 5) is 4.68. The van der Waals surface area contributed by atoms with Crippen molar-refractivity contribution in [2.24, 2.45) is 0 Å². The Balaban J connectivity index is 1.77. The largest absolute Gasteiger partial charge is 0.389 e. The zero-order chi connectivity index (χ0) is 25.3. The van der Waals surface area contributed by atoms with Gasteiger partial charge in [0, 0.05) is 26.9 Å². The quantitative estimate of drug-likeness (QED) is 0.244. The molecule has 1 N–H and O–H groups in total. The summed E-state index contributed by atoms with van der Waals surface area (Å²) in [6.45, 7) is 5.79. The molecule has 4 rings (SSSR count). The van der Waals surface area contributed by atoms with Crippen molar-refractivity contribution in [2.75, 3.05) is 0 Å². The molecule has 0 spiro atoms. The second kappa shape index (κ2) is 10.3. The Labute approximate surface area is 217 Å². The van der Waals surface area contributed by atoms with Crippen LogP contribution in [0.25, 0.3) is 5.69 Å². The van der Waals surface area contributed by atoms with E-state index in [0.29, 0.717) is 26.5 Å². The standard InChI is InChI=1S/C27H24Cl2F2N2OS/c1-16(34)22-11-5-18(12-24(22)29)27(2,3)25-14-32-26(33(25)21-9-7-19(30)8-10-21)35-15-17-4-6-20(31)13-23(17)28/h4-14,16,34H,15H2,1-3H3. The third-order valence-corrected chi connectivity index (χ3v) is 7.68. The molecule has 0 aliphatic heterocycles. The SMILES string of the molecule is CC(O)c1ccc(C(C)(C)c2cnc(SCc3ccc(F)cc3Cl)n2-c2ccc(F)cc2)cc1Cl. The molecule has 4 aromatic rings. The zero-order valence-electron chi connectivity index (χ0n) is 19.4. The number of aliphatic hydroxyl groups excluding tert-OH is 1. The minimum Gasteiger partial charge on any atom is -0.389 e. The molecule has 3 aromatic carbocycles. The number of halogens is 4. The van der Waals surface area contributed by atoms with Crippen LogP contribution in [0.4, 0.5) is 8.78 Å². The van der Waals surface area contributed by atoms with Crippen LogP contribution in [0.5, 0.6) is 0 Å². The number of imidazole rings is 1. The van der Waals surface area contributed by atoms with Crippen LogP contribution in [0.1, 0.15) is 49.3 Å². The third-order valence-electron chi connectivity index (χ3n) is 6.00. The number of aromatic nitrogens is 2. The first-order chi connectivity index (χ1) is 16.6. The van der Waals surface area contributed by atoms with Gasteiger partial charge in [-0.05, 0) is 66.1 Å². The number of nitrogens with zero attached hydrogens (tertiary/aromatic N) is 2. The molecular formula is C27H24Cl2F2N2OS. The van der Waals surface area contributed by atoms with Crippen molar-refractivity contribution in [2.45, 2.75) is 43.2 Å². The molecule has 0 amide bonds. The van der Waals surface area contributed by atoms with Crippen LogP contribution in [0.15, 0.2) is 72.0 Å². The van der Waals surface area contributed by atoms with Crippen molar-refractivity contribution in [3.8, 4) is 5.69 Å². The van der Waals surface area contributed by atoms with E-state index in [1.165, 1.54) is 36.0 Å². The van der Waals surface area contributed by atoms with E-state index in [1.807, 2.05) is 22.8 Å². The highest BCUT2D eigenvalue weighted by Crippen LogP contribution is 2.39. The highest BCUT2D eigenvalue weighted by atomic mass is 35.5. The third kappa shape index (κ3) is 5.41. The predicted octanol–water partition coefficient (Wildman–Crippen LogP) is 8.13. The van der Waals surface area contributed by atoms with Gasteiger partial charge in [0.1, 0.15) is 11.6 Å². The van der Waals surface area contributed by atoms with Gasteiger partial charge in [-0.25, -0.2) is 13.8 Å². The number of thioether (sulfide) groups is 1. The van der Waals surface area contributed by atoms with E-state index in [-0.39, 0.29) is 11.6 Å². The van der Waals surface area contributed by atoms with Gasteiger partial charge < -0.3 is 5.11 Å². The van der Waals surface area contributed by atoms with Crippen LogP contribution in [-0.2, 0) is 11.2 Å². The maximum absolute atomic E-state index is 13.7. The first kappa shape index (κ1) is 25.7. The summed E-state index contributed by atoms with van der Waals surface area (Å²) in [7, 11) is 0. The average Bonchev–Trinajstić information content (AvgIpc) is 3.23. The van der Waals surface area contributed by atoms with E-state index < -0.39 is 11.5 Å². The Kier molecular flexibility index (Phi) is 7.57. The molecule has 0 aliphatic rings. The summed E-state index contributed by atoms with van der Waals surface area (Å²) >= 11 is 14.2. The lowest BCUT2D eigenvalue weighted by atomic mass is 9.81. The number of hydrogen-bond acceptors (Lipinski definition) is 3. The number of benzene rings is 3. The van der Waals surface area contributed by atoms with Crippen molar-refractivity contribution in [3.05, 3.63) is 111 Å². The normalized spacial score (nSPS) is 12.7. The van der Waals surface area contributed by atoms with Crippen LogP contribution in [0.2, 0.25) is 10.0 Å². The molecule has 0 bridgehead atoms. The number of rotatable bonds is 7. The van der Waals surface area contributed by atoms with Gasteiger partial charge in [-0.1, -0.05) is 67.0 Å². The Morgan fingerprint density at radius 2 is 1.66 bits per heavy atom. The fourth-order valence-corrected chi connectivity index (χ4v) is 5.55. The molecule has 3 nitrogen and oxygen atoms in total. The first-order valence-corrected chi connectivity index (χ1v) is 12.7. The van der Waals surface area contributed by atoms with Crippen LogP contribution in [0, 0.1) is 11.6 Å². The van der Waals surface area contributed by atoms with E-state index in [9.17, 15) is 13.9 Å². The molecule has 0 radical (unpaired) electrons. The van der Waals surface area contributed by atoms with Gasteiger partial charge >= 0.3 is 0 Å². The Morgan fingerprint density at radius 1 is 0.971 bits per heavy atom. The summed E-state index contributed by atoms with van der Waals surface area (Å²) in [6.07, 6.45) is 1.12. The lowest BCUT2D eigenvalue weighted by Gasteiger charge is -2.28. The first-order valence-electron chi connectivity index (χ1n) is 11.0. The van der Waals surface area contributed by atoms with Crippen molar-refractivity contribution >= 4 is 35.0 Å². The fourth-order valence-electron chi connectivity index (χ4n) is 3.90. The highest BCUT2D eigenvalue weighted by molar-refractivity contribution is 7.98. The molecule has 35 heavy (non-hydrogen) atoms. The van der Waals surface area contributed by atoms with E-state index >= 15 is 0 Å². The predicted molar refractivity (Wildman–Crippen MR) is 139 cm³/mol. The van der Waals surface area contributed by atoms with E-state index in [4.69, 9.17) is 23.2 Å². The zero-order valence-corrected chi connectivity index (χ0v) is 21.7. The Morgan fingerprint density at radius 3 is 2.29 bits per heavy atom. The van der Waals surface area contributed by atoms with Crippen molar-refractivity contribution in [3.63, 3.8) is 0 Å². The summed E-state index contributed by atoms with van der Waals surface area (Å²) in [5, 5.41) is 11.5. The molecule has 1 heterocycles. The van der Waals surface area contributed by atoms with Gasteiger partial charge in [0.2, 0.25) is 0 Å². The summed E-state index contributed by atoms with van der Waals surface area (Å²) in [6, 6.07) is 16.2. The molecule has 8 heteroatoms. The lowest BCUT2D eigenvalue weighted by molar-refractivity contribution is 0.199. The molecule has 0 saturated heterocycles. The number of hydrogen-bond donors (Lipinski definition) is 1. The van der Waals surface area contributed by atoms with Gasteiger partial charge in [0.25, 0.3) is 0 Å². The summed E-state index contributed by atoms with van der Waals surface area (Å²) in [5.41, 5.74) is 3.48. The minimum atomic E-state index is -0.675. The maximum atomic E-state index is 13.7. The number of aliphatic hydroxyl groups is 1. The Hall–Kier alpha value is -2.38. The molecule has 1 unspecified atom stereocenters. The van der Waals surface area contributed by atoms with E-state index in [0.717, 1.165) is 22.5 Å². The molecule has 0 saturated carbocycles. The highest BCUT2D eigenvalue weighted by Gasteiger charge is 2.30.